The van der Waals surface area contributed by atoms with Gasteiger partial charge in [-0.1, -0.05) is 11.6 Å². The molecular weight excluding hydrogens is 345 g/mol. The topological polar surface area (TPSA) is 72.5 Å². The SMILES string of the molecule is CCOC(=O)c1ccc(NS(=O)(=O)c2cc(F)ccc2Cl)cc1. The highest BCUT2D eigenvalue weighted by Crippen LogP contribution is 2.24. The molecule has 0 aliphatic carbocycles. The van der Waals surface area contributed by atoms with E-state index < -0.39 is 21.8 Å². The van der Waals surface area contributed by atoms with Crippen LogP contribution in [0.3, 0.4) is 0 Å². The number of halogens is 2. The molecule has 8 heteroatoms. The number of sulfonamides is 1. The number of hydrogen-bond acceptors (Lipinski definition) is 4. The Hall–Kier alpha value is -2.12. The van der Waals surface area contributed by atoms with Crippen LogP contribution in [-0.2, 0) is 14.8 Å². The Bertz CT molecular complexity index is 822. The molecule has 0 bridgehead atoms. The number of esters is 1. The minimum atomic E-state index is -4.05. The first kappa shape index (κ1) is 17.2. The van der Waals surface area contributed by atoms with Gasteiger partial charge in [0.1, 0.15) is 10.7 Å². The van der Waals surface area contributed by atoms with Crippen molar-refractivity contribution in [1.29, 1.82) is 0 Å². The summed E-state index contributed by atoms with van der Waals surface area (Å²) in [5.74, 6) is -1.22. The molecular formula is C15H13ClFNO4S. The van der Waals surface area contributed by atoms with Crippen LogP contribution in [0.25, 0.3) is 0 Å². The molecule has 0 spiro atoms. The van der Waals surface area contributed by atoms with Gasteiger partial charge in [-0.15, -0.1) is 0 Å². The summed E-state index contributed by atoms with van der Waals surface area (Å²) in [6.45, 7) is 1.93. The van der Waals surface area contributed by atoms with Gasteiger partial charge in [-0.2, -0.15) is 0 Å². The first-order chi connectivity index (χ1) is 10.8. The van der Waals surface area contributed by atoms with Crippen LogP contribution < -0.4 is 4.72 Å². The van der Waals surface area contributed by atoms with Crippen LogP contribution in [0.2, 0.25) is 5.02 Å². The molecule has 0 amide bonds. The van der Waals surface area contributed by atoms with Crippen LogP contribution in [0, 0.1) is 5.82 Å². The molecule has 0 heterocycles. The van der Waals surface area contributed by atoms with E-state index in [2.05, 4.69) is 4.72 Å². The van der Waals surface area contributed by atoms with Gasteiger partial charge in [0.15, 0.2) is 0 Å². The van der Waals surface area contributed by atoms with Gasteiger partial charge in [0.25, 0.3) is 10.0 Å². The van der Waals surface area contributed by atoms with Crippen molar-refractivity contribution in [2.24, 2.45) is 0 Å². The minimum Gasteiger partial charge on any atom is -0.462 e. The molecule has 0 saturated heterocycles. The van der Waals surface area contributed by atoms with Crippen molar-refractivity contribution in [1.82, 2.24) is 0 Å². The molecule has 0 aliphatic rings. The monoisotopic (exact) mass is 357 g/mol. The second kappa shape index (κ2) is 6.97. The molecule has 23 heavy (non-hydrogen) atoms. The Morgan fingerprint density at radius 3 is 2.48 bits per heavy atom. The third-order valence-corrected chi connectivity index (χ3v) is 4.69. The highest BCUT2D eigenvalue weighted by atomic mass is 35.5. The van der Waals surface area contributed by atoms with Crippen molar-refractivity contribution >= 4 is 33.3 Å². The van der Waals surface area contributed by atoms with E-state index in [0.717, 1.165) is 18.2 Å². The molecule has 122 valence electrons. The van der Waals surface area contributed by atoms with Gasteiger partial charge < -0.3 is 4.74 Å². The lowest BCUT2D eigenvalue weighted by molar-refractivity contribution is 0.0526. The van der Waals surface area contributed by atoms with E-state index >= 15 is 0 Å². The maximum Gasteiger partial charge on any atom is 0.338 e. The van der Waals surface area contributed by atoms with Crippen molar-refractivity contribution in [3.63, 3.8) is 0 Å². The molecule has 1 N–H and O–H groups in total. The predicted molar refractivity (Wildman–Crippen MR) is 84.6 cm³/mol. The zero-order valence-electron chi connectivity index (χ0n) is 12.0. The van der Waals surface area contributed by atoms with E-state index in [1.807, 2.05) is 0 Å². The fourth-order valence-corrected chi connectivity index (χ4v) is 3.35. The van der Waals surface area contributed by atoms with Crippen LogP contribution in [0.1, 0.15) is 17.3 Å². The van der Waals surface area contributed by atoms with Crippen molar-refractivity contribution in [2.75, 3.05) is 11.3 Å². The molecule has 0 saturated carbocycles. The van der Waals surface area contributed by atoms with Gasteiger partial charge in [-0.3, -0.25) is 4.72 Å². The Labute approximate surface area is 138 Å². The molecule has 2 rings (SSSR count). The quantitative estimate of drug-likeness (QED) is 0.832. The number of benzene rings is 2. The average molecular weight is 358 g/mol. The lowest BCUT2D eigenvalue weighted by Crippen LogP contribution is -2.14. The van der Waals surface area contributed by atoms with Gasteiger partial charge in [0, 0.05) is 5.69 Å². The molecule has 0 unspecified atom stereocenters. The first-order valence-electron chi connectivity index (χ1n) is 6.58. The van der Waals surface area contributed by atoms with Gasteiger partial charge in [-0.25, -0.2) is 17.6 Å². The number of ether oxygens (including phenoxy) is 1. The summed E-state index contributed by atoms with van der Waals surface area (Å²) in [5.41, 5.74) is 0.497. The smallest absolute Gasteiger partial charge is 0.338 e. The number of rotatable bonds is 5. The number of carbonyl (C=O) groups excluding carboxylic acids is 1. The lowest BCUT2D eigenvalue weighted by Gasteiger charge is -2.10. The van der Waals surface area contributed by atoms with Crippen molar-refractivity contribution in [3.8, 4) is 0 Å². The van der Waals surface area contributed by atoms with Gasteiger partial charge in [-0.05, 0) is 49.4 Å². The highest BCUT2D eigenvalue weighted by Gasteiger charge is 2.19. The van der Waals surface area contributed by atoms with Gasteiger partial charge >= 0.3 is 5.97 Å². The molecule has 2 aromatic rings. The highest BCUT2D eigenvalue weighted by molar-refractivity contribution is 7.92. The predicted octanol–water partition coefficient (Wildman–Crippen LogP) is 3.46. The summed E-state index contributed by atoms with van der Waals surface area (Å²) in [6, 6.07) is 8.70. The molecule has 0 radical (unpaired) electrons. The summed E-state index contributed by atoms with van der Waals surface area (Å²) in [5, 5.41) is -0.0953. The summed E-state index contributed by atoms with van der Waals surface area (Å²) in [6.07, 6.45) is 0. The zero-order chi connectivity index (χ0) is 17.0. The maximum atomic E-state index is 13.2. The molecule has 0 atom stereocenters. The van der Waals surface area contributed by atoms with Crippen LogP contribution in [-0.4, -0.2) is 21.0 Å². The zero-order valence-corrected chi connectivity index (χ0v) is 13.6. The van der Waals surface area contributed by atoms with E-state index in [1.54, 1.807) is 6.92 Å². The number of nitrogens with one attached hydrogen (secondary N) is 1. The number of carbonyl (C=O) groups is 1. The largest absolute Gasteiger partial charge is 0.462 e. The molecule has 0 aliphatic heterocycles. The van der Waals surface area contributed by atoms with Crippen LogP contribution >= 0.6 is 11.6 Å². The number of hydrogen-bond donors (Lipinski definition) is 1. The van der Waals surface area contributed by atoms with Crippen LogP contribution in [0.15, 0.2) is 47.4 Å². The third-order valence-electron chi connectivity index (χ3n) is 2.83. The fraction of sp³-hybridized carbons (Fsp3) is 0.133. The average Bonchev–Trinajstić information content (AvgIpc) is 2.50. The standard InChI is InChI=1S/C15H13ClFNO4S/c1-2-22-15(19)10-3-6-12(7-4-10)18-23(20,21)14-9-11(17)5-8-13(14)16/h3-9,18H,2H2,1H3. The lowest BCUT2D eigenvalue weighted by atomic mass is 10.2. The Balaban J connectivity index is 2.24. The third kappa shape index (κ3) is 4.20. The Morgan fingerprint density at radius 2 is 1.87 bits per heavy atom. The maximum absolute atomic E-state index is 13.2. The summed E-state index contributed by atoms with van der Waals surface area (Å²) < 4.78 is 44.8. The first-order valence-corrected chi connectivity index (χ1v) is 8.44. The molecule has 0 aromatic heterocycles. The van der Waals surface area contributed by atoms with Crippen LogP contribution in [0.5, 0.6) is 0 Å². The summed E-state index contributed by atoms with van der Waals surface area (Å²) >= 11 is 5.80. The van der Waals surface area contributed by atoms with E-state index in [9.17, 15) is 17.6 Å². The Morgan fingerprint density at radius 1 is 1.22 bits per heavy atom. The van der Waals surface area contributed by atoms with E-state index in [1.165, 1.54) is 24.3 Å². The molecule has 5 nitrogen and oxygen atoms in total. The van der Waals surface area contributed by atoms with Crippen molar-refractivity contribution < 1.29 is 22.3 Å². The fourth-order valence-electron chi connectivity index (χ4n) is 1.78. The summed E-state index contributed by atoms with van der Waals surface area (Å²) in [4.78, 5) is 11.2. The van der Waals surface area contributed by atoms with Crippen molar-refractivity contribution in [2.45, 2.75) is 11.8 Å². The molecule has 2 aromatic carbocycles. The summed E-state index contributed by atoms with van der Waals surface area (Å²) in [7, 11) is -4.05. The second-order valence-electron chi connectivity index (χ2n) is 4.48. The number of anilines is 1. The van der Waals surface area contributed by atoms with E-state index in [-0.39, 0.29) is 22.2 Å². The molecule has 0 fully saturated rings. The Kier molecular flexibility index (Phi) is 5.23. The minimum absolute atomic E-state index is 0.0953. The van der Waals surface area contributed by atoms with Gasteiger partial charge in [0.05, 0.1) is 17.2 Å². The second-order valence-corrected chi connectivity index (χ2v) is 6.54. The van der Waals surface area contributed by atoms with Crippen LogP contribution in [0.4, 0.5) is 10.1 Å². The van der Waals surface area contributed by atoms with E-state index in [4.69, 9.17) is 16.3 Å². The van der Waals surface area contributed by atoms with Gasteiger partial charge in [0.2, 0.25) is 0 Å². The van der Waals surface area contributed by atoms with E-state index in [0.29, 0.717) is 5.56 Å². The van der Waals surface area contributed by atoms with Crippen molar-refractivity contribution in [3.05, 3.63) is 58.9 Å². The normalized spacial score (nSPS) is 11.1.